The topological polar surface area (TPSA) is 61.4 Å². The molecule has 27 heavy (non-hydrogen) atoms. The number of hydrogen-bond acceptors (Lipinski definition) is 3. The fourth-order valence-corrected chi connectivity index (χ4v) is 4.04. The van der Waals surface area contributed by atoms with Crippen molar-refractivity contribution in [2.75, 3.05) is 13.2 Å². The molecule has 0 radical (unpaired) electrons. The van der Waals surface area contributed by atoms with Gasteiger partial charge in [0.25, 0.3) is 5.91 Å². The van der Waals surface area contributed by atoms with Crippen LogP contribution in [-0.2, 0) is 0 Å². The van der Waals surface area contributed by atoms with Gasteiger partial charge in [-0.15, -0.1) is 0 Å². The molecule has 3 N–H and O–H groups in total. The van der Waals surface area contributed by atoms with Crippen LogP contribution >= 0.6 is 11.6 Å². The Balaban J connectivity index is 1.55. The van der Waals surface area contributed by atoms with Crippen LogP contribution in [0.25, 0.3) is 0 Å². The van der Waals surface area contributed by atoms with Gasteiger partial charge in [0.1, 0.15) is 0 Å². The maximum atomic E-state index is 11.9. The van der Waals surface area contributed by atoms with E-state index in [1.54, 1.807) is 0 Å². The lowest BCUT2D eigenvalue weighted by atomic mass is 9.96. The summed E-state index contributed by atoms with van der Waals surface area (Å²) < 4.78 is 0. The molecule has 0 saturated heterocycles. The zero-order valence-electron chi connectivity index (χ0n) is 15.6. The van der Waals surface area contributed by atoms with Crippen LogP contribution in [0.5, 0.6) is 0 Å². The van der Waals surface area contributed by atoms with Crippen molar-refractivity contribution >= 4 is 17.5 Å². The molecule has 1 aliphatic carbocycles. The lowest BCUT2D eigenvalue weighted by Crippen LogP contribution is -2.29. The fourth-order valence-electron chi connectivity index (χ4n) is 3.84. The summed E-state index contributed by atoms with van der Waals surface area (Å²) in [5.41, 5.74) is 3.13. The van der Waals surface area contributed by atoms with Gasteiger partial charge in [0, 0.05) is 29.2 Å². The SMILES string of the molecule is C[C@@H](N[C@H]1CCC(c2ccc(C(=O)NCCO)cc2)C1)c1cccc(Cl)c1. The van der Waals surface area contributed by atoms with E-state index in [2.05, 4.69) is 35.8 Å². The Labute approximate surface area is 165 Å². The van der Waals surface area contributed by atoms with Crippen LogP contribution in [0.3, 0.4) is 0 Å². The second-order valence-corrected chi connectivity index (χ2v) is 7.69. The summed E-state index contributed by atoms with van der Waals surface area (Å²) in [6, 6.07) is 16.6. The Hall–Kier alpha value is -1.88. The quantitative estimate of drug-likeness (QED) is 0.672. The number of amides is 1. The minimum atomic E-state index is -0.142. The molecule has 1 saturated carbocycles. The Morgan fingerprint density at radius 3 is 2.70 bits per heavy atom. The van der Waals surface area contributed by atoms with Crippen molar-refractivity contribution in [3.05, 3.63) is 70.2 Å². The molecule has 0 bridgehead atoms. The smallest absolute Gasteiger partial charge is 0.251 e. The highest BCUT2D eigenvalue weighted by molar-refractivity contribution is 6.30. The third kappa shape index (κ3) is 5.32. The van der Waals surface area contributed by atoms with E-state index in [1.165, 1.54) is 11.1 Å². The Morgan fingerprint density at radius 2 is 2.00 bits per heavy atom. The van der Waals surface area contributed by atoms with Crippen molar-refractivity contribution in [2.24, 2.45) is 0 Å². The molecule has 3 rings (SSSR count). The van der Waals surface area contributed by atoms with Gasteiger partial charge < -0.3 is 15.7 Å². The number of aliphatic hydroxyl groups is 1. The summed E-state index contributed by atoms with van der Waals surface area (Å²) in [6.07, 6.45) is 3.39. The number of carbonyl (C=O) groups excluding carboxylic acids is 1. The molecule has 144 valence electrons. The molecule has 4 nitrogen and oxygen atoms in total. The number of rotatable bonds is 7. The summed E-state index contributed by atoms with van der Waals surface area (Å²) in [5.74, 6) is 0.375. The second-order valence-electron chi connectivity index (χ2n) is 7.25. The van der Waals surface area contributed by atoms with E-state index in [0.29, 0.717) is 17.5 Å². The zero-order valence-corrected chi connectivity index (χ0v) is 16.4. The van der Waals surface area contributed by atoms with Gasteiger partial charge in [-0.25, -0.2) is 0 Å². The molecule has 1 unspecified atom stereocenters. The molecule has 0 heterocycles. The van der Waals surface area contributed by atoms with E-state index >= 15 is 0 Å². The highest BCUT2D eigenvalue weighted by atomic mass is 35.5. The highest BCUT2D eigenvalue weighted by Crippen LogP contribution is 2.35. The number of hydrogen-bond donors (Lipinski definition) is 3. The number of carbonyl (C=O) groups is 1. The Bertz CT molecular complexity index is 763. The van der Waals surface area contributed by atoms with Crippen molar-refractivity contribution in [2.45, 2.75) is 44.2 Å². The first-order chi connectivity index (χ1) is 13.1. The molecular formula is C22H27ClN2O2. The van der Waals surface area contributed by atoms with E-state index in [1.807, 2.05) is 30.3 Å². The molecule has 0 spiro atoms. The average molecular weight is 387 g/mol. The van der Waals surface area contributed by atoms with Crippen LogP contribution in [-0.4, -0.2) is 30.2 Å². The first kappa shape index (κ1) is 19.9. The van der Waals surface area contributed by atoms with Crippen molar-refractivity contribution in [1.82, 2.24) is 10.6 Å². The normalized spacial score (nSPS) is 20.4. The van der Waals surface area contributed by atoms with Crippen molar-refractivity contribution < 1.29 is 9.90 Å². The van der Waals surface area contributed by atoms with Crippen LogP contribution in [0.15, 0.2) is 48.5 Å². The standard InChI is InChI=1S/C22H27ClN2O2/c1-15(18-3-2-4-20(23)13-18)25-21-10-9-19(14-21)16-5-7-17(8-6-16)22(27)24-11-12-26/h2-8,13,15,19,21,25-26H,9-12,14H2,1H3,(H,24,27)/t15-,19?,21+/m1/s1. The number of aliphatic hydroxyl groups excluding tert-OH is 1. The van der Waals surface area contributed by atoms with E-state index in [4.69, 9.17) is 16.7 Å². The lowest BCUT2D eigenvalue weighted by Gasteiger charge is -2.20. The second kappa shape index (κ2) is 9.36. The molecule has 2 aromatic rings. The van der Waals surface area contributed by atoms with Crippen LogP contribution in [0, 0.1) is 0 Å². The minimum absolute atomic E-state index is 0.0477. The molecule has 1 amide bonds. The maximum absolute atomic E-state index is 11.9. The molecule has 2 aromatic carbocycles. The van der Waals surface area contributed by atoms with E-state index in [0.717, 1.165) is 24.3 Å². The summed E-state index contributed by atoms with van der Waals surface area (Å²) in [6.45, 7) is 2.41. The monoisotopic (exact) mass is 386 g/mol. The van der Waals surface area contributed by atoms with Gasteiger partial charge in [-0.2, -0.15) is 0 Å². The summed E-state index contributed by atoms with van der Waals surface area (Å²) in [5, 5.41) is 16.0. The van der Waals surface area contributed by atoms with Crippen LogP contribution < -0.4 is 10.6 Å². The number of halogens is 1. The minimum Gasteiger partial charge on any atom is -0.395 e. The molecule has 1 aliphatic rings. The van der Waals surface area contributed by atoms with Crippen molar-refractivity contribution in [3.8, 4) is 0 Å². The first-order valence-corrected chi connectivity index (χ1v) is 9.95. The molecule has 3 atom stereocenters. The Morgan fingerprint density at radius 1 is 1.22 bits per heavy atom. The van der Waals surface area contributed by atoms with E-state index < -0.39 is 0 Å². The van der Waals surface area contributed by atoms with Crippen molar-refractivity contribution in [1.29, 1.82) is 0 Å². The number of nitrogens with one attached hydrogen (secondary N) is 2. The maximum Gasteiger partial charge on any atom is 0.251 e. The molecular weight excluding hydrogens is 360 g/mol. The lowest BCUT2D eigenvalue weighted by molar-refractivity contribution is 0.0944. The molecule has 0 aliphatic heterocycles. The summed E-state index contributed by atoms with van der Waals surface area (Å²) in [4.78, 5) is 11.9. The van der Waals surface area contributed by atoms with E-state index in [-0.39, 0.29) is 25.1 Å². The van der Waals surface area contributed by atoms with Gasteiger partial charge in [-0.05, 0) is 67.5 Å². The Kier molecular flexibility index (Phi) is 6.89. The van der Waals surface area contributed by atoms with Gasteiger partial charge in [0.05, 0.1) is 6.61 Å². The van der Waals surface area contributed by atoms with Crippen LogP contribution in [0.4, 0.5) is 0 Å². The molecule has 1 fully saturated rings. The van der Waals surface area contributed by atoms with Gasteiger partial charge >= 0.3 is 0 Å². The molecule has 5 heteroatoms. The average Bonchev–Trinajstić information content (AvgIpc) is 3.14. The first-order valence-electron chi connectivity index (χ1n) is 9.57. The van der Waals surface area contributed by atoms with Crippen LogP contribution in [0.1, 0.15) is 59.6 Å². The predicted molar refractivity (Wildman–Crippen MR) is 109 cm³/mol. The van der Waals surface area contributed by atoms with Gasteiger partial charge in [-0.1, -0.05) is 35.9 Å². The van der Waals surface area contributed by atoms with Gasteiger partial charge in [0.15, 0.2) is 0 Å². The third-order valence-electron chi connectivity index (χ3n) is 5.31. The summed E-state index contributed by atoms with van der Waals surface area (Å²) >= 11 is 6.10. The largest absolute Gasteiger partial charge is 0.395 e. The predicted octanol–water partition coefficient (Wildman–Crippen LogP) is 4.05. The fraction of sp³-hybridized carbons (Fsp3) is 0.409. The molecule has 0 aromatic heterocycles. The number of benzene rings is 2. The highest BCUT2D eigenvalue weighted by Gasteiger charge is 2.27. The van der Waals surface area contributed by atoms with E-state index in [9.17, 15) is 4.79 Å². The van der Waals surface area contributed by atoms with Crippen molar-refractivity contribution in [3.63, 3.8) is 0 Å². The third-order valence-corrected chi connectivity index (χ3v) is 5.54. The van der Waals surface area contributed by atoms with Gasteiger partial charge in [-0.3, -0.25) is 4.79 Å². The van der Waals surface area contributed by atoms with Crippen LogP contribution in [0.2, 0.25) is 5.02 Å². The summed E-state index contributed by atoms with van der Waals surface area (Å²) in [7, 11) is 0. The van der Waals surface area contributed by atoms with Gasteiger partial charge in [0.2, 0.25) is 0 Å². The zero-order chi connectivity index (χ0) is 19.2.